The fourth-order valence-electron chi connectivity index (χ4n) is 3.70. The Balaban J connectivity index is 1.34. The molecule has 1 fully saturated rings. The van der Waals surface area contributed by atoms with E-state index >= 15 is 0 Å². The van der Waals surface area contributed by atoms with Crippen LogP contribution in [0.2, 0.25) is 5.02 Å². The van der Waals surface area contributed by atoms with Crippen LogP contribution in [0.15, 0.2) is 30.5 Å². The van der Waals surface area contributed by atoms with Gasteiger partial charge in [-0.1, -0.05) is 17.7 Å². The van der Waals surface area contributed by atoms with Crippen molar-refractivity contribution in [3.63, 3.8) is 0 Å². The van der Waals surface area contributed by atoms with Gasteiger partial charge in [0.15, 0.2) is 0 Å². The molecule has 6 nitrogen and oxygen atoms in total. The summed E-state index contributed by atoms with van der Waals surface area (Å²) in [7, 11) is 0. The zero-order valence-corrected chi connectivity index (χ0v) is 16.8. The summed E-state index contributed by atoms with van der Waals surface area (Å²) in [6.07, 6.45) is 4.66. The lowest BCUT2D eigenvalue weighted by molar-refractivity contribution is 0.182. The number of nitrogens with zero attached hydrogens (tertiary/aromatic N) is 2. The number of halogens is 2. The van der Waals surface area contributed by atoms with E-state index in [1.54, 1.807) is 29.3 Å². The molecule has 0 spiro atoms. The molecule has 1 saturated heterocycles. The molecule has 0 unspecified atom stereocenters. The number of piperidine rings is 1. The monoisotopic (exact) mass is 419 g/mol. The van der Waals surface area contributed by atoms with E-state index in [1.165, 1.54) is 6.07 Å². The number of likely N-dealkylation sites (tertiary alicyclic amines) is 1. The van der Waals surface area contributed by atoms with Crippen molar-refractivity contribution >= 4 is 23.3 Å². The molecule has 154 valence electrons. The lowest BCUT2D eigenvalue weighted by Gasteiger charge is -2.32. The lowest BCUT2D eigenvalue weighted by Crippen LogP contribution is -2.41. The number of carbonyl (C=O) groups is 1. The summed E-state index contributed by atoms with van der Waals surface area (Å²) < 4.78 is 25.3. The Bertz CT molecular complexity index is 887. The molecular weight excluding hydrogens is 397 g/mol. The number of pyridine rings is 1. The predicted octanol–water partition coefficient (Wildman–Crippen LogP) is 4.52. The number of rotatable bonds is 3. The highest BCUT2D eigenvalue weighted by molar-refractivity contribution is 6.30. The van der Waals surface area contributed by atoms with Gasteiger partial charge in [-0.25, -0.2) is 14.2 Å². The molecule has 8 heteroatoms. The van der Waals surface area contributed by atoms with Gasteiger partial charge in [-0.15, -0.1) is 0 Å². The number of aromatic nitrogens is 1. The lowest BCUT2D eigenvalue weighted by atomic mass is 9.90. The maximum Gasteiger partial charge on any atom is 0.321 e. The average Bonchev–Trinajstić information content (AvgIpc) is 2.97. The van der Waals surface area contributed by atoms with E-state index in [2.05, 4.69) is 10.3 Å². The molecule has 0 radical (unpaired) electrons. The van der Waals surface area contributed by atoms with Crippen LogP contribution in [0.5, 0.6) is 11.6 Å². The van der Waals surface area contributed by atoms with E-state index in [-0.39, 0.29) is 11.8 Å². The maximum absolute atomic E-state index is 14.0. The van der Waals surface area contributed by atoms with Crippen LogP contribution in [0.1, 0.15) is 24.8 Å². The molecule has 4 rings (SSSR count). The standard InChI is InChI=1S/C21H23ClFN3O3/c22-16-3-2-15(17(23)13-16)12-14-5-8-26(9-6-14)21(27)25-18-4-7-24-20-19(18)28-10-1-11-29-20/h2-4,7,13-14H,1,5-6,8-12H2,(H,24,25,27). The summed E-state index contributed by atoms with van der Waals surface area (Å²) >= 11 is 5.82. The number of hydrogen-bond donors (Lipinski definition) is 1. The Hall–Kier alpha value is -2.54. The minimum atomic E-state index is -0.265. The highest BCUT2D eigenvalue weighted by atomic mass is 35.5. The van der Waals surface area contributed by atoms with Crippen molar-refractivity contribution in [2.45, 2.75) is 25.7 Å². The van der Waals surface area contributed by atoms with Gasteiger partial charge in [-0.3, -0.25) is 0 Å². The number of anilines is 1. The summed E-state index contributed by atoms with van der Waals surface area (Å²) in [4.78, 5) is 18.7. The van der Waals surface area contributed by atoms with Gasteiger partial charge in [0.05, 0.1) is 18.9 Å². The third kappa shape index (κ3) is 4.72. The van der Waals surface area contributed by atoms with Gasteiger partial charge in [0, 0.05) is 30.7 Å². The van der Waals surface area contributed by atoms with Crippen LogP contribution in [0, 0.1) is 11.7 Å². The molecule has 2 amide bonds. The highest BCUT2D eigenvalue weighted by Crippen LogP contribution is 2.35. The Kier molecular flexibility index (Phi) is 6.04. The van der Waals surface area contributed by atoms with Crippen molar-refractivity contribution in [1.29, 1.82) is 0 Å². The minimum absolute atomic E-state index is 0.178. The van der Waals surface area contributed by atoms with E-state index < -0.39 is 0 Å². The van der Waals surface area contributed by atoms with Crippen LogP contribution in [-0.4, -0.2) is 42.2 Å². The van der Waals surface area contributed by atoms with Crippen molar-refractivity contribution in [3.05, 3.63) is 46.9 Å². The van der Waals surface area contributed by atoms with Crippen LogP contribution in [0.4, 0.5) is 14.9 Å². The fraction of sp³-hybridized carbons (Fsp3) is 0.429. The van der Waals surface area contributed by atoms with Crippen LogP contribution in [0.3, 0.4) is 0 Å². The number of fused-ring (bicyclic) bond motifs is 1. The van der Waals surface area contributed by atoms with Crippen molar-refractivity contribution < 1.29 is 18.7 Å². The summed E-state index contributed by atoms with van der Waals surface area (Å²) in [6.45, 7) is 2.31. The summed E-state index contributed by atoms with van der Waals surface area (Å²) in [5.74, 6) is 0.956. The molecule has 2 aromatic rings. The average molecular weight is 420 g/mol. The molecule has 2 aliphatic rings. The topological polar surface area (TPSA) is 63.7 Å². The van der Waals surface area contributed by atoms with E-state index in [4.69, 9.17) is 21.1 Å². The third-order valence-corrected chi connectivity index (χ3v) is 5.55. The van der Waals surface area contributed by atoms with Crippen molar-refractivity contribution in [2.75, 3.05) is 31.6 Å². The number of ether oxygens (including phenoxy) is 2. The summed E-state index contributed by atoms with van der Waals surface area (Å²) in [5.41, 5.74) is 1.24. The Morgan fingerprint density at radius 1 is 1.24 bits per heavy atom. The molecule has 0 bridgehead atoms. The first-order valence-electron chi connectivity index (χ1n) is 9.84. The van der Waals surface area contributed by atoms with Crippen LogP contribution in [0.25, 0.3) is 0 Å². The Morgan fingerprint density at radius 2 is 2.03 bits per heavy atom. The first-order valence-corrected chi connectivity index (χ1v) is 10.2. The molecule has 1 N–H and O–H groups in total. The van der Waals surface area contributed by atoms with Crippen LogP contribution in [-0.2, 0) is 6.42 Å². The second kappa shape index (κ2) is 8.86. The zero-order chi connectivity index (χ0) is 20.2. The van der Waals surface area contributed by atoms with Crippen LogP contribution >= 0.6 is 11.6 Å². The first-order chi connectivity index (χ1) is 14.1. The molecule has 0 aliphatic carbocycles. The van der Waals surface area contributed by atoms with Gasteiger partial charge in [0.25, 0.3) is 5.88 Å². The minimum Gasteiger partial charge on any atom is -0.486 e. The molecule has 2 aliphatic heterocycles. The number of hydrogen-bond acceptors (Lipinski definition) is 4. The SMILES string of the molecule is O=C(Nc1ccnc2c1OCCCO2)N1CCC(Cc2ccc(Cl)cc2F)CC1. The van der Waals surface area contributed by atoms with E-state index in [0.717, 1.165) is 19.3 Å². The Morgan fingerprint density at radius 3 is 2.83 bits per heavy atom. The molecule has 29 heavy (non-hydrogen) atoms. The van der Waals surface area contributed by atoms with Crippen molar-refractivity contribution in [2.24, 2.45) is 5.92 Å². The largest absolute Gasteiger partial charge is 0.486 e. The highest BCUT2D eigenvalue weighted by Gasteiger charge is 2.25. The third-order valence-electron chi connectivity index (χ3n) is 5.31. The first kappa shape index (κ1) is 19.8. The van der Waals surface area contributed by atoms with E-state index in [9.17, 15) is 9.18 Å². The van der Waals surface area contributed by atoms with Gasteiger partial charge in [-0.2, -0.15) is 0 Å². The number of benzene rings is 1. The zero-order valence-electron chi connectivity index (χ0n) is 16.0. The number of amides is 2. The molecule has 1 aromatic heterocycles. The molecular formula is C21H23ClFN3O3. The van der Waals surface area contributed by atoms with Gasteiger partial charge in [0.1, 0.15) is 5.82 Å². The molecule has 0 saturated carbocycles. The normalized spacial score (nSPS) is 17.0. The molecule has 1 aromatic carbocycles. The fourth-order valence-corrected chi connectivity index (χ4v) is 3.86. The van der Waals surface area contributed by atoms with E-state index in [1.807, 2.05) is 0 Å². The molecule has 0 atom stereocenters. The number of nitrogens with one attached hydrogen (secondary N) is 1. The summed E-state index contributed by atoms with van der Waals surface area (Å²) in [6, 6.07) is 6.34. The predicted molar refractivity (Wildman–Crippen MR) is 108 cm³/mol. The number of urea groups is 1. The van der Waals surface area contributed by atoms with Gasteiger partial charge in [-0.05, 0) is 48.9 Å². The van der Waals surface area contributed by atoms with Crippen molar-refractivity contribution in [1.82, 2.24) is 9.88 Å². The summed E-state index contributed by atoms with van der Waals surface area (Å²) in [5, 5.41) is 3.32. The maximum atomic E-state index is 14.0. The van der Waals surface area contributed by atoms with E-state index in [0.29, 0.717) is 66.5 Å². The van der Waals surface area contributed by atoms with Gasteiger partial charge < -0.3 is 19.7 Å². The smallest absolute Gasteiger partial charge is 0.321 e. The van der Waals surface area contributed by atoms with Gasteiger partial charge in [0.2, 0.25) is 5.75 Å². The second-order valence-electron chi connectivity index (χ2n) is 7.34. The Labute approximate surface area is 174 Å². The van der Waals surface area contributed by atoms with Crippen molar-refractivity contribution in [3.8, 4) is 11.6 Å². The number of carbonyl (C=O) groups excluding carboxylic acids is 1. The molecule has 3 heterocycles. The second-order valence-corrected chi connectivity index (χ2v) is 7.78. The van der Waals surface area contributed by atoms with Crippen LogP contribution < -0.4 is 14.8 Å². The van der Waals surface area contributed by atoms with Gasteiger partial charge >= 0.3 is 6.03 Å². The quantitative estimate of drug-likeness (QED) is 0.794.